The van der Waals surface area contributed by atoms with Crippen molar-refractivity contribution in [2.75, 3.05) is 13.2 Å². The van der Waals surface area contributed by atoms with Crippen molar-refractivity contribution in [1.82, 2.24) is 0 Å². The Balaban J connectivity index is 1.82. The minimum Gasteiger partial charge on any atom is -0.493 e. The molecule has 2 aliphatic rings. The predicted octanol–water partition coefficient (Wildman–Crippen LogP) is 2.40. The Hall–Kier alpha value is -1.02. The van der Waals surface area contributed by atoms with Gasteiger partial charge in [-0.2, -0.15) is 0 Å². The van der Waals surface area contributed by atoms with Gasteiger partial charge in [0.1, 0.15) is 5.75 Å². The van der Waals surface area contributed by atoms with Crippen LogP contribution in [0.4, 0.5) is 0 Å². The lowest BCUT2D eigenvalue weighted by atomic mass is 9.60. The maximum Gasteiger partial charge on any atom is 0.122 e. The van der Waals surface area contributed by atoms with Crippen molar-refractivity contribution in [1.29, 1.82) is 0 Å². The molecule has 0 spiro atoms. The summed E-state index contributed by atoms with van der Waals surface area (Å²) in [5, 5.41) is 9.58. The summed E-state index contributed by atoms with van der Waals surface area (Å²) in [6, 6.07) is 8.27. The summed E-state index contributed by atoms with van der Waals surface area (Å²) in [6.45, 7) is 1.10. The molecule has 1 aliphatic heterocycles. The van der Waals surface area contributed by atoms with E-state index in [1.54, 1.807) is 0 Å². The van der Waals surface area contributed by atoms with Crippen molar-refractivity contribution >= 4 is 0 Å². The quantitative estimate of drug-likeness (QED) is 0.826. The van der Waals surface area contributed by atoms with Gasteiger partial charge in [-0.25, -0.2) is 0 Å². The van der Waals surface area contributed by atoms with Crippen LogP contribution in [0.5, 0.6) is 5.75 Å². The summed E-state index contributed by atoms with van der Waals surface area (Å²) >= 11 is 0. The van der Waals surface area contributed by atoms with Crippen molar-refractivity contribution in [3.05, 3.63) is 29.8 Å². The third-order valence-corrected chi connectivity index (χ3v) is 4.41. The van der Waals surface area contributed by atoms with Gasteiger partial charge in [0.15, 0.2) is 0 Å². The highest BCUT2D eigenvalue weighted by Crippen LogP contribution is 2.49. The van der Waals surface area contributed by atoms with E-state index in [2.05, 4.69) is 12.1 Å². The second-order valence-electron chi connectivity index (χ2n) is 5.19. The molecule has 1 fully saturated rings. The van der Waals surface area contributed by atoms with E-state index in [0.717, 1.165) is 18.8 Å². The van der Waals surface area contributed by atoms with Crippen LogP contribution >= 0.6 is 0 Å². The third-order valence-electron chi connectivity index (χ3n) is 4.41. The van der Waals surface area contributed by atoms with Gasteiger partial charge in [-0.3, -0.25) is 0 Å². The zero-order chi connectivity index (χ0) is 11.0. The van der Waals surface area contributed by atoms with E-state index >= 15 is 0 Å². The monoisotopic (exact) mass is 218 g/mol. The van der Waals surface area contributed by atoms with Gasteiger partial charge in [-0.05, 0) is 36.3 Å². The molecule has 3 rings (SSSR count). The molecule has 2 nitrogen and oxygen atoms in total. The van der Waals surface area contributed by atoms with Crippen LogP contribution in [0.25, 0.3) is 0 Å². The average molecular weight is 218 g/mol. The molecule has 1 atom stereocenters. The first-order valence-electron chi connectivity index (χ1n) is 6.16. The van der Waals surface area contributed by atoms with E-state index in [1.807, 2.05) is 12.1 Å². The Morgan fingerprint density at radius 3 is 2.81 bits per heavy atom. The van der Waals surface area contributed by atoms with Gasteiger partial charge < -0.3 is 9.84 Å². The molecular weight excluding hydrogens is 200 g/mol. The molecule has 1 N–H and O–H groups in total. The van der Waals surface area contributed by atoms with E-state index in [0.29, 0.717) is 12.5 Å². The standard InChI is InChI=1S/C14H18O2/c15-10-14(6-3-7-14)12-8-11-4-1-2-5-13(11)16-9-12/h1-2,4-5,12,15H,3,6-10H2. The molecule has 1 saturated carbocycles. The Labute approximate surface area is 96.2 Å². The third kappa shape index (κ3) is 1.44. The molecule has 0 saturated heterocycles. The van der Waals surface area contributed by atoms with Crippen LogP contribution in [0.2, 0.25) is 0 Å². The van der Waals surface area contributed by atoms with E-state index in [9.17, 15) is 5.11 Å². The molecule has 1 aromatic rings. The summed E-state index contributed by atoms with van der Waals surface area (Å²) in [6.07, 6.45) is 4.66. The second kappa shape index (κ2) is 3.77. The molecule has 1 heterocycles. The normalized spacial score (nSPS) is 26.4. The van der Waals surface area contributed by atoms with Gasteiger partial charge in [-0.1, -0.05) is 24.6 Å². The highest BCUT2D eigenvalue weighted by molar-refractivity contribution is 5.35. The minimum atomic E-state index is 0.160. The lowest BCUT2D eigenvalue weighted by Crippen LogP contribution is -2.45. The Morgan fingerprint density at radius 1 is 1.31 bits per heavy atom. The largest absolute Gasteiger partial charge is 0.493 e. The summed E-state index contributed by atoms with van der Waals surface area (Å²) in [5.74, 6) is 1.53. The van der Waals surface area contributed by atoms with Crippen LogP contribution in [0, 0.1) is 11.3 Å². The highest BCUT2D eigenvalue weighted by Gasteiger charge is 2.45. The Bertz CT molecular complexity index is 377. The molecule has 0 radical (unpaired) electrons. The number of aliphatic hydroxyl groups excluding tert-OH is 1. The molecule has 86 valence electrons. The van der Waals surface area contributed by atoms with Gasteiger partial charge in [0.05, 0.1) is 6.61 Å². The number of aliphatic hydroxyl groups is 1. The molecule has 0 aromatic heterocycles. The van der Waals surface area contributed by atoms with Gasteiger partial charge in [0.2, 0.25) is 0 Å². The van der Waals surface area contributed by atoms with Gasteiger partial charge in [0, 0.05) is 12.5 Å². The summed E-state index contributed by atoms with van der Waals surface area (Å²) in [7, 11) is 0. The SMILES string of the molecule is OCC1(C2COc3ccccc3C2)CCC1. The van der Waals surface area contributed by atoms with Crippen LogP contribution in [-0.2, 0) is 6.42 Å². The first-order chi connectivity index (χ1) is 7.84. The number of hydrogen-bond acceptors (Lipinski definition) is 2. The molecule has 0 bridgehead atoms. The number of ether oxygens (including phenoxy) is 1. The maximum atomic E-state index is 9.58. The second-order valence-corrected chi connectivity index (χ2v) is 5.19. The Morgan fingerprint density at radius 2 is 2.12 bits per heavy atom. The van der Waals surface area contributed by atoms with Gasteiger partial charge in [0.25, 0.3) is 0 Å². The molecule has 0 amide bonds. The minimum absolute atomic E-state index is 0.160. The van der Waals surface area contributed by atoms with Crippen molar-refractivity contribution in [3.8, 4) is 5.75 Å². The number of rotatable bonds is 2. The molecule has 1 aromatic carbocycles. The van der Waals surface area contributed by atoms with Crippen molar-refractivity contribution in [2.45, 2.75) is 25.7 Å². The Kier molecular flexibility index (Phi) is 2.40. The highest BCUT2D eigenvalue weighted by atomic mass is 16.5. The van der Waals surface area contributed by atoms with Crippen LogP contribution in [-0.4, -0.2) is 18.3 Å². The van der Waals surface area contributed by atoms with E-state index < -0.39 is 0 Å². The van der Waals surface area contributed by atoms with Crippen molar-refractivity contribution < 1.29 is 9.84 Å². The molecule has 2 heteroatoms. The number of para-hydroxylation sites is 1. The fraction of sp³-hybridized carbons (Fsp3) is 0.571. The van der Waals surface area contributed by atoms with Crippen LogP contribution in [0.15, 0.2) is 24.3 Å². The fourth-order valence-electron chi connectivity index (χ4n) is 3.05. The van der Waals surface area contributed by atoms with Crippen LogP contribution in [0.3, 0.4) is 0 Å². The first-order valence-corrected chi connectivity index (χ1v) is 6.16. The first kappa shape index (κ1) is 10.2. The topological polar surface area (TPSA) is 29.5 Å². The lowest BCUT2D eigenvalue weighted by Gasteiger charge is -2.48. The number of fused-ring (bicyclic) bond motifs is 1. The molecule has 16 heavy (non-hydrogen) atoms. The predicted molar refractivity (Wildman–Crippen MR) is 62.5 cm³/mol. The zero-order valence-electron chi connectivity index (χ0n) is 9.48. The molecule has 1 aliphatic carbocycles. The summed E-state index contributed by atoms with van der Waals surface area (Å²) < 4.78 is 5.81. The van der Waals surface area contributed by atoms with E-state index in [4.69, 9.17) is 4.74 Å². The van der Waals surface area contributed by atoms with Gasteiger partial charge in [-0.15, -0.1) is 0 Å². The maximum absolute atomic E-state index is 9.58. The smallest absolute Gasteiger partial charge is 0.122 e. The zero-order valence-corrected chi connectivity index (χ0v) is 9.48. The fourth-order valence-corrected chi connectivity index (χ4v) is 3.05. The van der Waals surface area contributed by atoms with Crippen molar-refractivity contribution in [3.63, 3.8) is 0 Å². The van der Waals surface area contributed by atoms with E-state index in [-0.39, 0.29) is 5.41 Å². The lowest BCUT2D eigenvalue weighted by molar-refractivity contribution is -0.0367. The number of hydrogen-bond donors (Lipinski definition) is 1. The average Bonchev–Trinajstić information content (AvgIpc) is 2.28. The van der Waals surface area contributed by atoms with Crippen LogP contribution in [0.1, 0.15) is 24.8 Å². The summed E-state index contributed by atoms with van der Waals surface area (Å²) in [4.78, 5) is 0. The van der Waals surface area contributed by atoms with Crippen LogP contribution < -0.4 is 4.74 Å². The molecule has 1 unspecified atom stereocenters. The van der Waals surface area contributed by atoms with Gasteiger partial charge >= 0.3 is 0 Å². The van der Waals surface area contributed by atoms with Crippen molar-refractivity contribution in [2.24, 2.45) is 11.3 Å². The summed E-state index contributed by atoms with van der Waals surface area (Å²) in [5.41, 5.74) is 1.46. The number of benzene rings is 1. The molecular formula is C14H18O2. The van der Waals surface area contributed by atoms with E-state index in [1.165, 1.54) is 24.8 Å².